The van der Waals surface area contributed by atoms with Crippen LogP contribution in [0.3, 0.4) is 0 Å². The van der Waals surface area contributed by atoms with Gasteiger partial charge in [0, 0.05) is 30.9 Å². The first kappa shape index (κ1) is 23.9. The Morgan fingerprint density at radius 1 is 1.23 bits per heavy atom. The van der Waals surface area contributed by atoms with Crippen molar-refractivity contribution in [2.75, 3.05) is 26.3 Å². The number of nitrogens with zero attached hydrogens (tertiary/aromatic N) is 3. The number of aliphatic hydroxyl groups excluding tert-OH is 2. The smallest absolute Gasteiger partial charge is 0.463 e. The largest absolute Gasteiger partial charge is 0.498 e. The molecule has 0 aliphatic carbocycles. The van der Waals surface area contributed by atoms with E-state index in [-0.39, 0.29) is 5.91 Å². The van der Waals surface area contributed by atoms with Crippen molar-refractivity contribution in [2.24, 2.45) is 5.92 Å². The average Bonchev–Trinajstić information content (AvgIpc) is 2.98. The molecule has 10 heteroatoms. The number of amides is 1. The third-order valence-corrected chi connectivity index (χ3v) is 6.55. The predicted octanol–water partition coefficient (Wildman–Crippen LogP) is 0.527. The maximum Gasteiger partial charge on any atom is 0.498 e. The molecular weight excluding hydrogens is 401 g/mol. The Balaban J connectivity index is 1.36. The van der Waals surface area contributed by atoms with Gasteiger partial charge in [0.2, 0.25) is 0 Å². The standard InChI is InChI=1S/C21H34BN3O6/c1-20(2)21(3,4)31-22(30-20)16-12-23-19(24-13-16)29-11-5-6-15-7-9-25(10-8-15)18(28)17(27)14-26/h12-13,15,17,26-27H,5-11,14H2,1-4H3/t17-/m1/s1. The molecule has 1 aromatic rings. The zero-order valence-corrected chi connectivity index (χ0v) is 18.9. The molecule has 3 rings (SSSR count). The fourth-order valence-electron chi connectivity index (χ4n) is 3.77. The molecule has 172 valence electrons. The molecule has 2 fully saturated rings. The average molecular weight is 435 g/mol. The molecule has 0 unspecified atom stereocenters. The van der Waals surface area contributed by atoms with Crippen molar-refractivity contribution in [2.45, 2.75) is 70.7 Å². The number of carbonyl (C=O) groups excluding carboxylic acids is 1. The number of aliphatic hydroxyl groups is 2. The van der Waals surface area contributed by atoms with E-state index in [1.165, 1.54) is 0 Å². The predicted molar refractivity (Wildman–Crippen MR) is 115 cm³/mol. The number of likely N-dealkylation sites (tertiary alicyclic amines) is 1. The van der Waals surface area contributed by atoms with E-state index in [9.17, 15) is 9.90 Å². The van der Waals surface area contributed by atoms with E-state index in [0.717, 1.165) is 31.1 Å². The summed E-state index contributed by atoms with van der Waals surface area (Å²) in [5.74, 6) is 0.135. The van der Waals surface area contributed by atoms with Crippen LogP contribution in [-0.2, 0) is 14.1 Å². The second kappa shape index (κ2) is 9.81. The lowest BCUT2D eigenvalue weighted by molar-refractivity contribution is -0.143. The van der Waals surface area contributed by atoms with Crippen LogP contribution in [0.25, 0.3) is 0 Å². The Labute approximate surface area is 184 Å². The van der Waals surface area contributed by atoms with Crippen molar-refractivity contribution in [3.8, 4) is 6.01 Å². The number of ether oxygens (including phenoxy) is 1. The third kappa shape index (κ3) is 5.74. The van der Waals surface area contributed by atoms with Crippen LogP contribution < -0.4 is 10.2 Å². The van der Waals surface area contributed by atoms with Gasteiger partial charge in [0.25, 0.3) is 5.91 Å². The van der Waals surface area contributed by atoms with E-state index < -0.39 is 31.0 Å². The molecule has 3 heterocycles. The van der Waals surface area contributed by atoms with Crippen LogP contribution in [-0.4, -0.2) is 81.7 Å². The number of hydrogen-bond acceptors (Lipinski definition) is 8. The third-order valence-electron chi connectivity index (χ3n) is 6.55. The van der Waals surface area contributed by atoms with Gasteiger partial charge in [-0.05, 0) is 59.3 Å². The fraction of sp³-hybridized carbons (Fsp3) is 0.762. The quantitative estimate of drug-likeness (QED) is 0.449. The van der Waals surface area contributed by atoms with Gasteiger partial charge in [-0.1, -0.05) is 0 Å². The minimum atomic E-state index is -1.30. The molecule has 1 amide bonds. The first-order chi connectivity index (χ1) is 14.6. The highest BCUT2D eigenvalue weighted by Crippen LogP contribution is 2.36. The summed E-state index contributed by atoms with van der Waals surface area (Å²) >= 11 is 0. The molecule has 2 N–H and O–H groups in total. The summed E-state index contributed by atoms with van der Waals surface area (Å²) in [7, 11) is -0.490. The van der Waals surface area contributed by atoms with Crippen molar-refractivity contribution in [1.29, 1.82) is 0 Å². The van der Waals surface area contributed by atoms with Gasteiger partial charge in [0.05, 0.1) is 24.4 Å². The summed E-state index contributed by atoms with van der Waals surface area (Å²) in [5.41, 5.74) is -0.0530. The second-order valence-corrected chi connectivity index (χ2v) is 9.34. The van der Waals surface area contributed by atoms with Crippen molar-refractivity contribution in [1.82, 2.24) is 14.9 Å². The SMILES string of the molecule is CC1(C)OB(c2cnc(OCCCC3CCN(C(=O)[C@H](O)CO)CC3)nc2)OC1(C)C. The van der Waals surface area contributed by atoms with E-state index in [0.29, 0.717) is 31.6 Å². The van der Waals surface area contributed by atoms with Gasteiger partial charge in [0.1, 0.15) is 0 Å². The molecule has 2 aliphatic heterocycles. The Bertz CT molecular complexity index is 721. The van der Waals surface area contributed by atoms with Crippen LogP contribution in [0.2, 0.25) is 0 Å². The van der Waals surface area contributed by atoms with Crippen molar-refractivity contribution in [3.05, 3.63) is 12.4 Å². The first-order valence-corrected chi connectivity index (χ1v) is 11.0. The fourth-order valence-corrected chi connectivity index (χ4v) is 3.77. The summed E-state index contributed by atoms with van der Waals surface area (Å²) in [4.78, 5) is 22.1. The summed E-state index contributed by atoms with van der Waals surface area (Å²) in [5, 5.41) is 18.4. The van der Waals surface area contributed by atoms with Crippen LogP contribution >= 0.6 is 0 Å². The lowest BCUT2D eigenvalue weighted by Gasteiger charge is -2.33. The van der Waals surface area contributed by atoms with Gasteiger partial charge < -0.3 is 29.2 Å². The number of rotatable bonds is 8. The zero-order valence-electron chi connectivity index (χ0n) is 18.9. The topological polar surface area (TPSA) is 114 Å². The molecule has 0 bridgehead atoms. The van der Waals surface area contributed by atoms with Gasteiger partial charge in [-0.15, -0.1) is 0 Å². The molecule has 0 radical (unpaired) electrons. The molecule has 1 aromatic heterocycles. The van der Waals surface area contributed by atoms with E-state index in [4.69, 9.17) is 19.2 Å². The van der Waals surface area contributed by atoms with Crippen molar-refractivity contribution < 1.29 is 29.1 Å². The highest BCUT2D eigenvalue weighted by Gasteiger charge is 2.52. The molecule has 9 nitrogen and oxygen atoms in total. The van der Waals surface area contributed by atoms with E-state index >= 15 is 0 Å². The van der Waals surface area contributed by atoms with Crippen LogP contribution in [0.1, 0.15) is 53.4 Å². The van der Waals surface area contributed by atoms with Crippen molar-refractivity contribution >= 4 is 18.5 Å². The maximum atomic E-state index is 11.9. The second-order valence-electron chi connectivity index (χ2n) is 9.34. The van der Waals surface area contributed by atoms with Crippen LogP contribution in [0, 0.1) is 5.92 Å². The zero-order chi connectivity index (χ0) is 22.6. The lowest BCUT2D eigenvalue weighted by atomic mass is 9.81. The molecule has 2 saturated heterocycles. The van der Waals surface area contributed by atoms with Gasteiger partial charge in [-0.2, -0.15) is 0 Å². The monoisotopic (exact) mass is 435 g/mol. The minimum absolute atomic E-state index is 0.332. The Kier molecular flexibility index (Phi) is 7.57. The summed E-state index contributed by atoms with van der Waals surface area (Å²) in [6, 6.07) is 0.332. The lowest BCUT2D eigenvalue weighted by Crippen LogP contribution is -2.45. The molecule has 31 heavy (non-hydrogen) atoms. The highest BCUT2D eigenvalue weighted by atomic mass is 16.7. The molecule has 0 spiro atoms. The Morgan fingerprint density at radius 2 is 1.81 bits per heavy atom. The molecular formula is C21H34BN3O6. The molecule has 2 aliphatic rings. The maximum absolute atomic E-state index is 11.9. The highest BCUT2D eigenvalue weighted by molar-refractivity contribution is 6.61. The number of hydrogen-bond donors (Lipinski definition) is 2. The van der Waals surface area contributed by atoms with Crippen LogP contribution in [0.15, 0.2) is 12.4 Å². The van der Waals surface area contributed by atoms with Crippen LogP contribution in [0.4, 0.5) is 0 Å². The van der Waals surface area contributed by atoms with Gasteiger partial charge in [-0.25, -0.2) is 9.97 Å². The van der Waals surface area contributed by atoms with E-state index in [1.54, 1.807) is 17.3 Å². The normalized spacial score (nSPS) is 21.9. The minimum Gasteiger partial charge on any atom is -0.463 e. The molecule has 1 atom stereocenters. The Morgan fingerprint density at radius 3 is 2.35 bits per heavy atom. The van der Waals surface area contributed by atoms with Crippen molar-refractivity contribution in [3.63, 3.8) is 0 Å². The first-order valence-electron chi connectivity index (χ1n) is 11.0. The summed E-state index contributed by atoms with van der Waals surface area (Å²) < 4.78 is 17.7. The number of piperidine rings is 1. The number of aromatic nitrogens is 2. The molecule has 0 aromatic carbocycles. The Hall–Kier alpha value is -1.75. The van der Waals surface area contributed by atoms with E-state index in [2.05, 4.69) is 9.97 Å². The summed E-state index contributed by atoms with van der Waals surface area (Å²) in [6.45, 7) is 9.25. The van der Waals surface area contributed by atoms with Crippen LogP contribution in [0.5, 0.6) is 6.01 Å². The van der Waals surface area contributed by atoms with Gasteiger partial charge in [0.15, 0.2) is 6.10 Å². The summed E-state index contributed by atoms with van der Waals surface area (Å²) in [6.07, 6.45) is 5.71. The number of carbonyl (C=O) groups is 1. The van der Waals surface area contributed by atoms with Gasteiger partial charge >= 0.3 is 13.1 Å². The van der Waals surface area contributed by atoms with Gasteiger partial charge in [-0.3, -0.25) is 4.79 Å². The van der Waals surface area contributed by atoms with E-state index in [1.807, 2.05) is 27.7 Å². The molecule has 0 saturated carbocycles.